The van der Waals surface area contributed by atoms with Crippen molar-refractivity contribution in [3.05, 3.63) is 63.6 Å². The molecule has 2 unspecified atom stereocenters. The summed E-state index contributed by atoms with van der Waals surface area (Å²) in [6, 6.07) is 14.0. The van der Waals surface area contributed by atoms with Crippen molar-refractivity contribution >= 4 is 33.4 Å². The van der Waals surface area contributed by atoms with Gasteiger partial charge in [-0.1, -0.05) is 28.1 Å². The molecule has 2 heterocycles. The minimum Gasteiger partial charge on any atom is -0.368 e. The number of hydrogen-bond donors (Lipinski definition) is 0. The van der Waals surface area contributed by atoms with Gasteiger partial charge in [0.15, 0.2) is 0 Å². The summed E-state index contributed by atoms with van der Waals surface area (Å²) in [7, 11) is 0. The molecule has 5 heteroatoms. The lowest BCUT2D eigenvalue weighted by molar-refractivity contribution is 0.0587. The van der Waals surface area contributed by atoms with Crippen molar-refractivity contribution in [2.24, 2.45) is 0 Å². The van der Waals surface area contributed by atoms with Gasteiger partial charge in [-0.3, -0.25) is 14.5 Å². The molecule has 0 spiro atoms. The number of imide groups is 1. The minimum absolute atomic E-state index is 0.00639. The summed E-state index contributed by atoms with van der Waals surface area (Å²) >= 11 is 3.55. The third-order valence-corrected chi connectivity index (χ3v) is 6.47. The maximum atomic E-state index is 12.7. The molecule has 5 rings (SSSR count). The Balaban J connectivity index is 1.37. The summed E-state index contributed by atoms with van der Waals surface area (Å²) < 4.78 is 1.12. The zero-order valence-electron chi connectivity index (χ0n) is 14.3. The average molecular weight is 411 g/mol. The normalized spacial score (nSPS) is 24.3. The summed E-state index contributed by atoms with van der Waals surface area (Å²) in [5, 5.41) is 0. The first-order chi connectivity index (χ1) is 12.6. The van der Waals surface area contributed by atoms with Crippen LogP contribution in [0.4, 0.5) is 5.69 Å². The number of amides is 2. The molecule has 2 aromatic carbocycles. The number of carbonyl (C=O) groups excluding carboxylic acids is 2. The van der Waals surface area contributed by atoms with E-state index in [-0.39, 0.29) is 17.9 Å². The molecule has 2 aliphatic heterocycles. The number of hydrogen-bond acceptors (Lipinski definition) is 3. The van der Waals surface area contributed by atoms with Crippen LogP contribution in [-0.4, -0.2) is 35.3 Å². The van der Waals surface area contributed by atoms with Crippen LogP contribution in [0.25, 0.3) is 0 Å². The van der Waals surface area contributed by atoms with Crippen molar-refractivity contribution in [2.45, 2.75) is 37.8 Å². The molecule has 3 aliphatic rings. The molecule has 0 aromatic heterocycles. The van der Waals surface area contributed by atoms with Gasteiger partial charge in [-0.25, -0.2) is 0 Å². The topological polar surface area (TPSA) is 40.6 Å². The van der Waals surface area contributed by atoms with E-state index in [1.807, 2.05) is 12.1 Å². The first-order valence-corrected chi connectivity index (χ1v) is 9.95. The zero-order chi connectivity index (χ0) is 17.8. The largest absolute Gasteiger partial charge is 0.368 e. The number of benzene rings is 2. The Hall–Kier alpha value is -2.14. The summed E-state index contributed by atoms with van der Waals surface area (Å²) in [6.45, 7) is 1.02. The van der Waals surface area contributed by atoms with Gasteiger partial charge in [0.1, 0.15) is 0 Å². The second kappa shape index (κ2) is 5.95. The lowest BCUT2D eigenvalue weighted by Gasteiger charge is -2.28. The number of halogens is 1. The van der Waals surface area contributed by atoms with Gasteiger partial charge in [0.05, 0.1) is 11.1 Å². The number of rotatable bonds is 2. The smallest absolute Gasteiger partial charge is 0.261 e. The molecule has 2 amide bonds. The highest BCUT2D eigenvalue weighted by Crippen LogP contribution is 2.39. The Kier molecular flexibility index (Phi) is 3.67. The third kappa shape index (κ3) is 2.33. The van der Waals surface area contributed by atoms with Crippen LogP contribution in [0.15, 0.2) is 46.9 Å². The molecule has 4 nitrogen and oxygen atoms in total. The van der Waals surface area contributed by atoms with Crippen LogP contribution in [0, 0.1) is 0 Å². The van der Waals surface area contributed by atoms with Crippen LogP contribution in [0.3, 0.4) is 0 Å². The van der Waals surface area contributed by atoms with Gasteiger partial charge in [-0.05, 0) is 61.6 Å². The van der Waals surface area contributed by atoms with E-state index in [0.717, 1.165) is 36.7 Å². The zero-order valence-corrected chi connectivity index (χ0v) is 15.9. The fraction of sp³-hybridized carbons (Fsp3) is 0.333. The first kappa shape index (κ1) is 16.1. The van der Waals surface area contributed by atoms with E-state index >= 15 is 0 Å². The van der Waals surface area contributed by atoms with Crippen LogP contribution in [-0.2, 0) is 6.42 Å². The van der Waals surface area contributed by atoms with Gasteiger partial charge < -0.3 is 4.90 Å². The molecule has 0 saturated heterocycles. The standard InChI is InChI=1S/C21H19BrN2O2/c22-14-5-8-19-13(11-14)9-10-23(19)15-6-7-16(12-15)24-20(25)17-3-1-2-4-18(17)21(24)26/h1-5,8,11,15-16H,6-7,9-10,12H2. The SMILES string of the molecule is O=C1c2ccccc2C(=O)N1C1CCC(N2CCc3cc(Br)ccc32)C1. The monoisotopic (exact) mass is 410 g/mol. The Labute approximate surface area is 160 Å². The predicted molar refractivity (Wildman–Crippen MR) is 104 cm³/mol. The maximum absolute atomic E-state index is 12.7. The Bertz CT molecular complexity index is 891. The van der Waals surface area contributed by atoms with Gasteiger partial charge in [-0.2, -0.15) is 0 Å². The molecule has 0 bridgehead atoms. The molecular formula is C21H19BrN2O2. The quantitative estimate of drug-likeness (QED) is 0.701. The van der Waals surface area contributed by atoms with Crippen molar-refractivity contribution in [2.75, 3.05) is 11.4 Å². The Morgan fingerprint density at radius 3 is 2.35 bits per heavy atom. The molecule has 132 valence electrons. The Morgan fingerprint density at radius 1 is 0.923 bits per heavy atom. The number of anilines is 1. The van der Waals surface area contributed by atoms with Crippen molar-refractivity contribution in [3.63, 3.8) is 0 Å². The van der Waals surface area contributed by atoms with Gasteiger partial charge >= 0.3 is 0 Å². The third-order valence-electron chi connectivity index (χ3n) is 5.98. The summed E-state index contributed by atoms with van der Waals surface area (Å²) in [6.07, 6.45) is 3.83. The predicted octanol–water partition coefficient (Wildman–Crippen LogP) is 4.03. The lowest BCUT2D eigenvalue weighted by atomic mass is 10.1. The van der Waals surface area contributed by atoms with E-state index in [0.29, 0.717) is 17.2 Å². The van der Waals surface area contributed by atoms with Crippen LogP contribution in [0.5, 0.6) is 0 Å². The Morgan fingerprint density at radius 2 is 1.62 bits per heavy atom. The first-order valence-electron chi connectivity index (χ1n) is 9.15. The van der Waals surface area contributed by atoms with E-state index in [1.165, 1.54) is 16.2 Å². The second-order valence-electron chi connectivity index (χ2n) is 7.36. The van der Waals surface area contributed by atoms with Crippen LogP contribution < -0.4 is 4.90 Å². The van der Waals surface area contributed by atoms with Gasteiger partial charge in [0, 0.05) is 28.8 Å². The fourth-order valence-corrected chi connectivity index (χ4v) is 5.18. The van der Waals surface area contributed by atoms with Gasteiger partial charge in [-0.15, -0.1) is 0 Å². The number of fused-ring (bicyclic) bond motifs is 2. The molecule has 2 atom stereocenters. The number of nitrogens with zero attached hydrogens (tertiary/aromatic N) is 2. The van der Waals surface area contributed by atoms with Crippen LogP contribution in [0.2, 0.25) is 0 Å². The molecule has 26 heavy (non-hydrogen) atoms. The van der Waals surface area contributed by atoms with Crippen molar-refractivity contribution in [1.82, 2.24) is 4.90 Å². The highest BCUT2D eigenvalue weighted by molar-refractivity contribution is 9.10. The van der Waals surface area contributed by atoms with Gasteiger partial charge in [0.25, 0.3) is 11.8 Å². The molecule has 0 N–H and O–H groups in total. The van der Waals surface area contributed by atoms with Crippen LogP contribution in [0.1, 0.15) is 45.5 Å². The van der Waals surface area contributed by atoms with Crippen molar-refractivity contribution in [3.8, 4) is 0 Å². The number of carbonyl (C=O) groups is 2. The van der Waals surface area contributed by atoms with Crippen LogP contribution >= 0.6 is 15.9 Å². The molecule has 2 aromatic rings. The summed E-state index contributed by atoms with van der Waals surface area (Å²) in [5.41, 5.74) is 3.79. The highest BCUT2D eigenvalue weighted by Gasteiger charge is 2.44. The fourth-order valence-electron chi connectivity index (χ4n) is 4.77. The maximum Gasteiger partial charge on any atom is 0.261 e. The van der Waals surface area contributed by atoms with Gasteiger partial charge in [0.2, 0.25) is 0 Å². The molecule has 1 aliphatic carbocycles. The van der Waals surface area contributed by atoms with Crippen molar-refractivity contribution in [1.29, 1.82) is 0 Å². The van der Waals surface area contributed by atoms with E-state index in [9.17, 15) is 9.59 Å². The van der Waals surface area contributed by atoms with E-state index in [2.05, 4.69) is 39.0 Å². The average Bonchev–Trinajstić information content (AvgIpc) is 3.33. The second-order valence-corrected chi connectivity index (χ2v) is 8.28. The van der Waals surface area contributed by atoms with E-state index in [1.54, 1.807) is 12.1 Å². The highest BCUT2D eigenvalue weighted by atomic mass is 79.9. The minimum atomic E-state index is -0.123. The molecule has 1 saturated carbocycles. The molecule has 0 radical (unpaired) electrons. The summed E-state index contributed by atoms with van der Waals surface area (Å²) in [5.74, 6) is -0.246. The van der Waals surface area contributed by atoms with Crippen molar-refractivity contribution < 1.29 is 9.59 Å². The van der Waals surface area contributed by atoms with E-state index < -0.39 is 0 Å². The lowest BCUT2D eigenvalue weighted by Crippen LogP contribution is -2.40. The molecular weight excluding hydrogens is 392 g/mol. The van der Waals surface area contributed by atoms with E-state index in [4.69, 9.17) is 0 Å². The molecule has 1 fully saturated rings. The summed E-state index contributed by atoms with van der Waals surface area (Å²) in [4.78, 5) is 29.5.